The minimum atomic E-state index is -0.524. The first kappa shape index (κ1) is 21.5. The van der Waals surface area contributed by atoms with Crippen LogP contribution in [0.5, 0.6) is 0 Å². The molecule has 2 heterocycles. The lowest BCUT2D eigenvalue weighted by Gasteiger charge is -2.33. The van der Waals surface area contributed by atoms with Gasteiger partial charge >= 0.3 is 0 Å². The summed E-state index contributed by atoms with van der Waals surface area (Å²) in [7, 11) is 0. The quantitative estimate of drug-likeness (QED) is 0.603. The molecule has 0 bridgehead atoms. The number of rotatable bonds is 4. The maximum absolute atomic E-state index is 14.2. The summed E-state index contributed by atoms with van der Waals surface area (Å²) < 4.78 is 14.2. The number of nitrogens with zero attached hydrogens (tertiary/aromatic N) is 2. The lowest BCUT2D eigenvalue weighted by Crippen LogP contribution is -2.48. The molecule has 168 valence electrons. The van der Waals surface area contributed by atoms with Crippen molar-refractivity contribution < 1.29 is 14.3 Å². The first-order chi connectivity index (χ1) is 15.5. The van der Waals surface area contributed by atoms with Gasteiger partial charge in [0.25, 0.3) is 0 Å². The van der Waals surface area contributed by atoms with E-state index in [2.05, 4.69) is 0 Å². The number of likely N-dealkylation sites (tertiary alicyclic amines) is 1. The van der Waals surface area contributed by atoms with Crippen LogP contribution in [-0.4, -0.2) is 39.6 Å². The highest BCUT2D eigenvalue weighted by Gasteiger charge is 2.38. The van der Waals surface area contributed by atoms with Gasteiger partial charge in [0, 0.05) is 22.9 Å². The second-order valence-electron chi connectivity index (χ2n) is 9.00. The average Bonchev–Trinajstić information content (AvgIpc) is 3.49. The summed E-state index contributed by atoms with van der Waals surface area (Å²) in [5.41, 5.74) is 8.12. The first-order valence-corrected chi connectivity index (χ1v) is 12.3. The molecule has 7 heteroatoms. The summed E-state index contributed by atoms with van der Waals surface area (Å²) >= 11 is 1.55. The van der Waals surface area contributed by atoms with Crippen LogP contribution in [-0.2, 0) is 4.79 Å². The molecule has 1 saturated carbocycles. The standard InChI is InChI=1S/C25H28FN3O2S/c26-20-12-11-19(17-4-1-2-5-18(17)20)21-14-32-24(28-21)22-6-3-13-29(22)25(31)23(27)15-7-9-16(30)10-8-15/h1-2,4-5,11-12,14-16,22-23,30H,3,6-10,13,27H2/t15?,16?,22-,23-/m0/s1. The Hall–Kier alpha value is -2.35. The predicted octanol–water partition coefficient (Wildman–Crippen LogP) is 4.64. The molecule has 5 rings (SSSR count). The van der Waals surface area contributed by atoms with Crippen LogP contribution in [0.4, 0.5) is 4.39 Å². The zero-order valence-corrected chi connectivity index (χ0v) is 18.7. The van der Waals surface area contributed by atoms with Crippen LogP contribution in [0.3, 0.4) is 0 Å². The number of hydrogen-bond donors (Lipinski definition) is 2. The summed E-state index contributed by atoms with van der Waals surface area (Å²) in [5.74, 6) is -0.112. The first-order valence-electron chi connectivity index (χ1n) is 11.4. The molecule has 2 aliphatic rings. The maximum Gasteiger partial charge on any atom is 0.240 e. The van der Waals surface area contributed by atoms with Crippen LogP contribution >= 0.6 is 11.3 Å². The van der Waals surface area contributed by atoms with Gasteiger partial charge in [0.1, 0.15) is 10.8 Å². The summed E-state index contributed by atoms with van der Waals surface area (Å²) in [6.07, 6.45) is 4.58. The van der Waals surface area contributed by atoms with Crippen molar-refractivity contribution in [3.05, 3.63) is 52.6 Å². The van der Waals surface area contributed by atoms with E-state index in [1.807, 2.05) is 28.5 Å². The summed E-state index contributed by atoms with van der Waals surface area (Å²) in [4.78, 5) is 20.1. The lowest BCUT2D eigenvalue weighted by atomic mass is 9.82. The second kappa shape index (κ2) is 8.89. The Morgan fingerprint density at radius 1 is 1.12 bits per heavy atom. The zero-order chi connectivity index (χ0) is 22.2. The van der Waals surface area contributed by atoms with Crippen molar-refractivity contribution in [3.8, 4) is 11.3 Å². The fourth-order valence-corrected chi connectivity index (χ4v) is 6.16. The van der Waals surface area contributed by atoms with Crippen molar-refractivity contribution in [1.29, 1.82) is 0 Å². The molecule has 1 saturated heterocycles. The Kier molecular flexibility index (Phi) is 5.97. The van der Waals surface area contributed by atoms with Crippen molar-refractivity contribution in [3.63, 3.8) is 0 Å². The van der Waals surface area contributed by atoms with Crippen LogP contribution in [0.25, 0.3) is 22.0 Å². The highest BCUT2D eigenvalue weighted by molar-refractivity contribution is 7.10. The highest BCUT2D eigenvalue weighted by Crippen LogP contribution is 2.38. The third-order valence-electron chi connectivity index (χ3n) is 7.02. The van der Waals surface area contributed by atoms with E-state index in [-0.39, 0.29) is 29.8 Å². The fraction of sp³-hybridized carbons (Fsp3) is 0.440. The Balaban J connectivity index is 1.38. The van der Waals surface area contributed by atoms with Crippen molar-refractivity contribution in [2.75, 3.05) is 6.54 Å². The topological polar surface area (TPSA) is 79.5 Å². The number of aliphatic hydroxyl groups excluding tert-OH is 1. The van der Waals surface area contributed by atoms with Gasteiger partial charge in [-0.1, -0.05) is 24.3 Å². The third-order valence-corrected chi connectivity index (χ3v) is 7.97. The molecule has 5 nitrogen and oxygen atoms in total. The molecule has 2 fully saturated rings. The number of halogens is 1. The fourth-order valence-electron chi connectivity index (χ4n) is 5.19. The van der Waals surface area contributed by atoms with Crippen LogP contribution < -0.4 is 5.73 Å². The van der Waals surface area contributed by atoms with E-state index >= 15 is 0 Å². The van der Waals surface area contributed by atoms with Gasteiger partial charge in [-0.3, -0.25) is 4.79 Å². The van der Waals surface area contributed by atoms with Crippen LogP contribution in [0, 0.1) is 11.7 Å². The predicted molar refractivity (Wildman–Crippen MR) is 125 cm³/mol. The zero-order valence-electron chi connectivity index (χ0n) is 17.9. The second-order valence-corrected chi connectivity index (χ2v) is 9.89. The molecule has 2 aromatic carbocycles. The van der Waals surface area contributed by atoms with Crippen molar-refractivity contribution in [2.24, 2.45) is 11.7 Å². The van der Waals surface area contributed by atoms with E-state index in [1.54, 1.807) is 23.5 Å². The van der Waals surface area contributed by atoms with Gasteiger partial charge in [-0.25, -0.2) is 9.37 Å². The van der Waals surface area contributed by atoms with Crippen molar-refractivity contribution in [1.82, 2.24) is 9.88 Å². The average molecular weight is 454 g/mol. The summed E-state index contributed by atoms with van der Waals surface area (Å²) in [6, 6.07) is 10.1. The number of aromatic nitrogens is 1. The van der Waals surface area contributed by atoms with Crippen molar-refractivity contribution in [2.45, 2.75) is 56.7 Å². The molecule has 1 amide bonds. The minimum Gasteiger partial charge on any atom is -0.393 e. The minimum absolute atomic E-state index is 0.00197. The van der Waals surface area contributed by atoms with E-state index in [4.69, 9.17) is 10.7 Å². The highest BCUT2D eigenvalue weighted by atomic mass is 32.1. The molecule has 1 aromatic heterocycles. The van der Waals surface area contributed by atoms with E-state index in [1.165, 1.54) is 6.07 Å². The molecule has 0 radical (unpaired) electrons. The van der Waals surface area contributed by atoms with Crippen molar-refractivity contribution >= 4 is 28.0 Å². The SMILES string of the molecule is N[C@H](C(=O)N1CCC[C@H]1c1nc(-c2ccc(F)c3ccccc23)cs1)C1CCC(O)CC1. The van der Waals surface area contributed by atoms with E-state index in [0.29, 0.717) is 11.9 Å². The van der Waals surface area contributed by atoms with Crippen LogP contribution in [0.1, 0.15) is 49.6 Å². The van der Waals surface area contributed by atoms with Gasteiger partial charge in [-0.15, -0.1) is 11.3 Å². The molecule has 1 aliphatic carbocycles. The van der Waals surface area contributed by atoms with Gasteiger partial charge in [-0.2, -0.15) is 0 Å². The Morgan fingerprint density at radius 3 is 2.66 bits per heavy atom. The number of benzene rings is 2. The number of carbonyl (C=O) groups excluding carboxylic acids is 1. The summed E-state index contributed by atoms with van der Waals surface area (Å²) in [5, 5.41) is 14.1. The number of thiazole rings is 1. The van der Waals surface area contributed by atoms with E-state index in [0.717, 1.165) is 60.2 Å². The van der Waals surface area contributed by atoms with Gasteiger partial charge in [0.05, 0.1) is 23.9 Å². The number of aliphatic hydroxyl groups is 1. The van der Waals surface area contributed by atoms with Gasteiger partial charge < -0.3 is 15.7 Å². The summed E-state index contributed by atoms with van der Waals surface area (Å²) in [6.45, 7) is 0.695. The smallest absolute Gasteiger partial charge is 0.240 e. The largest absolute Gasteiger partial charge is 0.393 e. The molecule has 2 atom stereocenters. The molecule has 1 aliphatic heterocycles. The Bertz CT molecular complexity index is 1130. The molecular formula is C25H28FN3O2S. The number of amides is 1. The number of hydrogen-bond acceptors (Lipinski definition) is 5. The monoisotopic (exact) mass is 453 g/mol. The Morgan fingerprint density at radius 2 is 1.88 bits per heavy atom. The Labute approximate surface area is 191 Å². The van der Waals surface area contributed by atoms with E-state index < -0.39 is 6.04 Å². The number of carbonyl (C=O) groups is 1. The lowest BCUT2D eigenvalue weighted by molar-refractivity contribution is -0.135. The van der Waals surface area contributed by atoms with Gasteiger partial charge in [-0.05, 0) is 62.0 Å². The normalized spacial score (nSPS) is 24.7. The number of fused-ring (bicyclic) bond motifs is 1. The molecular weight excluding hydrogens is 425 g/mol. The molecule has 3 N–H and O–H groups in total. The molecule has 0 spiro atoms. The van der Waals surface area contributed by atoms with Gasteiger partial charge in [0.15, 0.2) is 0 Å². The number of nitrogens with two attached hydrogens (primary N) is 1. The van der Waals surface area contributed by atoms with Crippen LogP contribution in [0.2, 0.25) is 0 Å². The maximum atomic E-state index is 14.2. The molecule has 3 aromatic rings. The third kappa shape index (κ3) is 3.93. The molecule has 32 heavy (non-hydrogen) atoms. The molecule has 0 unspecified atom stereocenters. The van der Waals surface area contributed by atoms with Gasteiger partial charge in [0.2, 0.25) is 5.91 Å². The van der Waals surface area contributed by atoms with E-state index in [9.17, 15) is 14.3 Å². The van der Waals surface area contributed by atoms with Crippen LogP contribution in [0.15, 0.2) is 41.8 Å².